The Morgan fingerprint density at radius 2 is 1.90 bits per heavy atom. The highest BCUT2D eigenvalue weighted by Gasteiger charge is 2.26. The molecule has 2 aromatic rings. The van der Waals surface area contributed by atoms with E-state index in [9.17, 15) is 23.3 Å². The van der Waals surface area contributed by atoms with E-state index in [0.717, 1.165) is 5.56 Å². The molecule has 1 saturated heterocycles. The first-order chi connectivity index (χ1) is 13.7. The smallest absolute Gasteiger partial charge is 0.270 e. The van der Waals surface area contributed by atoms with Crippen molar-refractivity contribution in [1.29, 1.82) is 0 Å². The minimum Gasteiger partial charge on any atom is -0.345 e. The molecule has 0 aliphatic carbocycles. The molecule has 0 unspecified atom stereocenters. The molecule has 1 fully saturated rings. The number of nitrogens with one attached hydrogen (secondary N) is 1. The minimum atomic E-state index is -3.61. The van der Waals surface area contributed by atoms with Crippen molar-refractivity contribution in [2.75, 3.05) is 33.2 Å². The lowest BCUT2D eigenvalue weighted by molar-refractivity contribution is -0.384. The SMILES string of the molecule is CNS(=O)(=O)c1cc(C(=O)N2CCN(Cc3cccc([N+](=O)[O-])c3)CC2)n(C)c1. The summed E-state index contributed by atoms with van der Waals surface area (Å²) in [6.45, 7) is 2.81. The molecule has 2 heterocycles. The van der Waals surface area contributed by atoms with Gasteiger partial charge in [-0.15, -0.1) is 0 Å². The number of hydrogen-bond acceptors (Lipinski definition) is 6. The number of sulfonamides is 1. The van der Waals surface area contributed by atoms with Crippen LogP contribution in [0.3, 0.4) is 0 Å². The van der Waals surface area contributed by atoms with Gasteiger partial charge >= 0.3 is 0 Å². The van der Waals surface area contributed by atoms with Gasteiger partial charge in [-0.2, -0.15) is 0 Å². The molecule has 0 radical (unpaired) electrons. The molecule has 1 aromatic heterocycles. The third kappa shape index (κ3) is 4.63. The lowest BCUT2D eigenvalue weighted by Gasteiger charge is -2.34. The first-order valence-corrected chi connectivity index (χ1v) is 10.5. The van der Waals surface area contributed by atoms with Crippen molar-refractivity contribution in [1.82, 2.24) is 19.1 Å². The molecule has 3 rings (SSSR count). The largest absolute Gasteiger partial charge is 0.345 e. The summed E-state index contributed by atoms with van der Waals surface area (Å²) in [5, 5.41) is 10.9. The Kier molecular flexibility index (Phi) is 6.01. The zero-order valence-electron chi connectivity index (χ0n) is 16.2. The van der Waals surface area contributed by atoms with Crippen LogP contribution in [-0.4, -0.2) is 66.8 Å². The number of carbonyl (C=O) groups excluding carboxylic acids is 1. The number of nitrogens with zero attached hydrogens (tertiary/aromatic N) is 4. The third-order valence-electron chi connectivity index (χ3n) is 4.97. The summed E-state index contributed by atoms with van der Waals surface area (Å²) in [6.07, 6.45) is 1.41. The molecule has 0 atom stereocenters. The molecule has 156 valence electrons. The molecule has 1 aromatic carbocycles. The van der Waals surface area contributed by atoms with Crippen LogP contribution in [0.15, 0.2) is 41.4 Å². The average Bonchev–Trinajstić information content (AvgIpc) is 3.11. The van der Waals surface area contributed by atoms with Gasteiger partial charge in [0.2, 0.25) is 10.0 Å². The Bertz CT molecular complexity index is 1030. The number of hydrogen-bond donors (Lipinski definition) is 1. The Balaban J connectivity index is 1.63. The molecule has 1 amide bonds. The number of amides is 1. The second-order valence-electron chi connectivity index (χ2n) is 6.87. The molecular formula is C18H23N5O5S. The van der Waals surface area contributed by atoms with E-state index >= 15 is 0 Å². The summed E-state index contributed by atoms with van der Waals surface area (Å²) in [6, 6.07) is 7.91. The third-order valence-corrected chi connectivity index (χ3v) is 6.35. The molecule has 29 heavy (non-hydrogen) atoms. The maximum atomic E-state index is 12.8. The Morgan fingerprint density at radius 1 is 1.21 bits per heavy atom. The van der Waals surface area contributed by atoms with E-state index < -0.39 is 14.9 Å². The lowest BCUT2D eigenvalue weighted by Crippen LogP contribution is -2.48. The van der Waals surface area contributed by atoms with Crippen molar-refractivity contribution in [2.24, 2.45) is 7.05 Å². The van der Waals surface area contributed by atoms with Gasteiger partial charge in [0.25, 0.3) is 11.6 Å². The lowest BCUT2D eigenvalue weighted by atomic mass is 10.1. The fraction of sp³-hybridized carbons (Fsp3) is 0.389. The van der Waals surface area contributed by atoms with E-state index in [1.807, 2.05) is 6.07 Å². The second kappa shape index (κ2) is 8.31. The molecule has 0 spiro atoms. The van der Waals surface area contributed by atoms with Gasteiger partial charge in [0, 0.05) is 58.1 Å². The highest BCUT2D eigenvalue weighted by atomic mass is 32.2. The molecule has 1 N–H and O–H groups in total. The van der Waals surface area contributed by atoms with Crippen LogP contribution in [0, 0.1) is 10.1 Å². The van der Waals surface area contributed by atoms with Crippen LogP contribution in [0.4, 0.5) is 5.69 Å². The van der Waals surface area contributed by atoms with Crippen LogP contribution in [0.2, 0.25) is 0 Å². The van der Waals surface area contributed by atoms with Gasteiger partial charge in [-0.3, -0.25) is 19.8 Å². The van der Waals surface area contributed by atoms with Gasteiger partial charge in [0.15, 0.2) is 0 Å². The summed E-state index contributed by atoms with van der Waals surface area (Å²) in [5.41, 5.74) is 1.22. The van der Waals surface area contributed by atoms with Crippen LogP contribution in [-0.2, 0) is 23.6 Å². The zero-order chi connectivity index (χ0) is 21.2. The zero-order valence-corrected chi connectivity index (χ0v) is 17.1. The van der Waals surface area contributed by atoms with Crippen molar-refractivity contribution in [2.45, 2.75) is 11.4 Å². The summed E-state index contributed by atoms with van der Waals surface area (Å²) >= 11 is 0. The number of nitro groups is 1. The number of rotatable bonds is 6. The molecule has 1 aliphatic heterocycles. The summed E-state index contributed by atoms with van der Waals surface area (Å²) in [5.74, 6) is -0.222. The van der Waals surface area contributed by atoms with Crippen LogP contribution < -0.4 is 4.72 Å². The average molecular weight is 421 g/mol. The first kappa shape index (κ1) is 21.0. The molecular weight excluding hydrogens is 398 g/mol. The topological polar surface area (TPSA) is 118 Å². The van der Waals surface area contributed by atoms with Crippen LogP contribution in [0.5, 0.6) is 0 Å². The standard InChI is InChI=1S/C18H23N5O5S/c1-19-29(27,28)16-11-17(20(2)13-16)18(24)22-8-6-21(7-9-22)12-14-4-3-5-15(10-14)23(25)26/h3-5,10-11,13,19H,6-9,12H2,1-2H3. The van der Waals surface area contributed by atoms with Crippen molar-refractivity contribution in [3.63, 3.8) is 0 Å². The fourth-order valence-corrected chi connectivity index (χ4v) is 4.11. The van der Waals surface area contributed by atoms with Crippen molar-refractivity contribution >= 4 is 21.6 Å². The summed E-state index contributed by atoms with van der Waals surface area (Å²) in [4.78, 5) is 27.2. The Labute approximate surface area is 168 Å². The number of aryl methyl sites for hydroxylation is 1. The maximum Gasteiger partial charge on any atom is 0.270 e. The quantitative estimate of drug-likeness (QED) is 0.545. The maximum absolute atomic E-state index is 12.8. The summed E-state index contributed by atoms with van der Waals surface area (Å²) < 4.78 is 27.7. The van der Waals surface area contributed by atoms with Gasteiger partial charge in [0.1, 0.15) is 10.6 Å². The predicted octanol–water partition coefficient (Wildman–Crippen LogP) is 0.799. The highest BCUT2D eigenvalue weighted by molar-refractivity contribution is 7.89. The Morgan fingerprint density at radius 3 is 2.52 bits per heavy atom. The number of non-ortho nitro benzene ring substituents is 1. The molecule has 0 bridgehead atoms. The Hall–Kier alpha value is -2.76. The predicted molar refractivity (Wildman–Crippen MR) is 106 cm³/mol. The van der Waals surface area contributed by atoms with Crippen molar-refractivity contribution in [3.05, 3.63) is 57.9 Å². The van der Waals surface area contributed by atoms with Gasteiger partial charge in [-0.1, -0.05) is 12.1 Å². The van der Waals surface area contributed by atoms with E-state index in [1.54, 1.807) is 24.1 Å². The number of nitro benzene ring substituents is 1. The first-order valence-electron chi connectivity index (χ1n) is 9.06. The number of benzene rings is 1. The van der Waals surface area contributed by atoms with E-state index in [2.05, 4.69) is 9.62 Å². The number of aromatic nitrogens is 1. The summed E-state index contributed by atoms with van der Waals surface area (Å²) in [7, 11) is -0.652. The van der Waals surface area contributed by atoms with E-state index in [-0.39, 0.29) is 16.5 Å². The minimum absolute atomic E-state index is 0.0511. The van der Waals surface area contributed by atoms with Crippen LogP contribution in [0.1, 0.15) is 16.1 Å². The number of piperazine rings is 1. The highest BCUT2D eigenvalue weighted by Crippen LogP contribution is 2.18. The van der Waals surface area contributed by atoms with Crippen LogP contribution in [0.25, 0.3) is 0 Å². The van der Waals surface area contributed by atoms with Crippen LogP contribution >= 0.6 is 0 Å². The second-order valence-corrected chi connectivity index (χ2v) is 8.76. The van der Waals surface area contributed by atoms with E-state index in [0.29, 0.717) is 38.4 Å². The van der Waals surface area contributed by atoms with E-state index in [4.69, 9.17) is 0 Å². The van der Waals surface area contributed by atoms with Gasteiger partial charge in [-0.05, 0) is 18.7 Å². The van der Waals surface area contributed by atoms with Gasteiger partial charge in [0.05, 0.1) is 4.92 Å². The van der Waals surface area contributed by atoms with Crippen molar-refractivity contribution in [3.8, 4) is 0 Å². The molecule has 10 nitrogen and oxygen atoms in total. The normalized spacial score (nSPS) is 15.4. The molecule has 0 saturated carbocycles. The van der Waals surface area contributed by atoms with Gasteiger partial charge in [-0.25, -0.2) is 13.1 Å². The fourth-order valence-electron chi connectivity index (χ4n) is 3.31. The van der Waals surface area contributed by atoms with E-state index in [1.165, 1.54) is 29.9 Å². The van der Waals surface area contributed by atoms with Gasteiger partial charge < -0.3 is 9.47 Å². The monoisotopic (exact) mass is 421 g/mol. The van der Waals surface area contributed by atoms with Crippen molar-refractivity contribution < 1.29 is 18.1 Å². The molecule has 1 aliphatic rings. The molecule has 11 heteroatoms. The number of carbonyl (C=O) groups is 1.